The number of nitrogens with zero attached hydrogens (tertiary/aromatic N) is 2. The fraction of sp³-hybridized carbons (Fsp3) is 0.375. The van der Waals surface area contributed by atoms with Crippen LogP contribution in [0.4, 0.5) is 0 Å². The number of thioether (sulfide) groups is 1. The largest absolute Gasteiger partial charge is 1.00 e. The first-order chi connectivity index (χ1) is 6.65. The third-order valence-corrected chi connectivity index (χ3v) is 3.40. The number of hydrogen-bond donors (Lipinski definition) is 0. The minimum Gasteiger partial charge on any atom is -0.543 e. The number of carboxylic acids is 1. The number of carbonyl (C=O) groups excluding carboxylic acids is 2. The van der Waals surface area contributed by atoms with Gasteiger partial charge in [0.1, 0.15) is 0 Å². The summed E-state index contributed by atoms with van der Waals surface area (Å²) in [6.07, 6.45) is 0.347. The average molecular weight is 248 g/mol. The van der Waals surface area contributed by atoms with Gasteiger partial charge in [-0.2, -0.15) is 5.26 Å². The molecule has 0 bridgehead atoms. The summed E-state index contributed by atoms with van der Waals surface area (Å²) in [6, 6.07) is 1.78. The Bertz CT molecular complexity index is 401. The number of fused-ring (bicyclic) bond motifs is 1. The number of β-lactam (4-membered cyclic amide) rings is 1. The number of rotatable bonds is 1. The van der Waals surface area contributed by atoms with Crippen molar-refractivity contribution in [1.29, 1.82) is 5.26 Å². The first kappa shape index (κ1) is 13.2. The van der Waals surface area contributed by atoms with Crippen molar-refractivity contribution in [1.82, 2.24) is 4.90 Å². The van der Waals surface area contributed by atoms with Gasteiger partial charge in [-0.15, -0.1) is 11.8 Å². The van der Waals surface area contributed by atoms with Gasteiger partial charge in [-0.3, -0.25) is 9.69 Å². The molecule has 0 spiro atoms. The van der Waals surface area contributed by atoms with E-state index in [-0.39, 0.29) is 73.9 Å². The summed E-state index contributed by atoms with van der Waals surface area (Å²) in [5.74, 6) is -1.36. The molecule has 2 rings (SSSR count). The molecule has 0 N–H and O–H groups in total. The van der Waals surface area contributed by atoms with E-state index in [9.17, 15) is 14.7 Å². The van der Waals surface area contributed by atoms with Crippen molar-refractivity contribution >= 4 is 23.6 Å². The van der Waals surface area contributed by atoms with Crippen molar-refractivity contribution in [2.45, 2.75) is 11.8 Å². The number of aliphatic carboxylic acids is 1. The van der Waals surface area contributed by atoms with Crippen LogP contribution in [-0.2, 0) is 9.59 Å². The zero-order valence-electron chi connectivity index (χ0n) is 8.02. The van der Waals surface area contributed by atoms with Crippen LogP contribution in [0.3, 0.4) is 0 Å². The fourth-order valence-electron chi connectivity index (χ4n) is 1.49. The second-order valence-corrected chi connectivity index (χ2v) is 4.13. The maximum Gasteiger partial charge on any atom is 1.00 e. The number of carboxylic acid groups (broad SMARTS) is 1. The van der Waals surface area contributed by atoms with E-state index in [0.717, 1.165) is 4.90 Å². The SMILES string of the molecule is N#CC1=C(C(=O)[O-])N2C(=O)C[C@H]2SC1.[K+]. The molecular weight excluding hydrogens is 243 g/mol. The van der Waals surface area contributed by atoms with Crippen molar-refractivity contribution in [2.24, 2.45) is 0 Å². The van der Waals surface area contributed by atoms with Gasteiger partial charge in [0.15, 0.2) is 0 Å². The van der Waals surface area contributed by atoms with E-state index in [0.29, 0.717) is 12.2 Å². The molecule has 5 nitrogen and oxygen atoms in total. The van der Waals surface area contributed by atoms with Gasteiger partial charge >= 0.3 is 51.4 Å². The Morgan fingerprint density at radius 2 is 2.33 bits per heavy atom. The second kappa shape index (κ2) is 4.99. The van der Waals surface area contributed by atoms with E-state index in [1.807, 2.05) is 0 Å². The second-order valence-electron chi connectivity index (χ2n) is 2.96. The Labute approximate surface area is 133 Å². The van der Waals surface area contributed by atoms with Gasteiger partial charge in [-0.25, -0.2) is 0 Å². The summed E-state index contributed by atoms with van der Waals surface area (Å²) in [5.41, 5.74) is -0.133. The Morgan fingerprint density at radius 3 is 2.80 bits per heavy atom. The fourth-order valence-corrected chi connectivity index (χ4v) is 2.68. The molecule has 1 saturated heterocycles. The smallest absolute Gasteiger partial charge is 0.543 e. The molecule has 0 radical (unpaired) electrons. The molecular formula is C8H5KN2O3S. The van der Waals surface area contributed by atoms with Crippen molar-refractivity contribution in [3.63, 3.8) is 0 Å². The predicted molar refractivity (Wildman–Crippen MR) is 45.4 cm³/mol. The molecule has 0 aliphatic carbocycles. The molecule has 0 saturated carbocycles. The molecule has 0 unspecified atom stereocenters. The van der Waals surface area contributed by atoms with Gasteiger partial charge in [-0.1, -0.05) is 0 Å². The third-order valence-electron chi connectivity index (χ3n) is 2.18. The van der Waals surface area contributed by atoms with E-state index in [4.69, 9.17) is 5.26 Å². The first-order valence-corrected chi connectivity index (χ1v) is 4.98. The molecule has 0 aromatic rings. The van der Waals surface area contributed by atoms with Crippen LogP contribution < -0.4 is 56.5 Å². The van der Waals surface area contributed by atoms with Crippen LogP contribution in [0.1, 0.15) is 6.42 Å². The molecule has 0 aromatic carbocycles. The summed E-state index contributed by atoms with van der Waals surface area (Å²) >= 11 is 1.40. The molecule has 7 heteroatoms. The predicted octanol–water partition coefficient (Wildman–Crippen LogP) is -4.18. The van der Waals surface area contributed by atoms with Crippen LogP contribution in [0.25, 0.3) is 0 Å². The van der Waals surface area contributed by atoms with E-state index in [1.165, 1.54) is 11.8 Å². The molecule has 1 amide bonds. The molecule has 2 aliphatic rings. The van der Waals surface area contributed by atoms with Crippen LogP contribution in [-0.4, -0.2) is 27.9 Å². The zero-order valence-corrected chi connectivity index (χ0v) is 12.0. The zero-order chi connectivity index (χ0) is 10.3. The molecule has 0 aromatic heterocycles. The van der Waals surface area contributed by atoms with E-state index in [1.54, 1.807) is 6.07 Å². The van der Waals surface area contributed by atoms with E-state index < -0.39 is 5.97 Å². The van der Waals surface area contributed by atoms with Crippen molar-refractivity contribution < 1.29 is 66.1 Å². The number of hydrogen-bond acceptors (Lipinski definition) is 5. The van der Waals surface area contributed by atoms with Crippen LogP contribution in [0.2, 0.25) is 0 Å². The Morgan fingerprint density at radius 1 is 1.67 bits per heavy atom. The first-order valence-electron chi connectivity index (χ1n) is 3.93. The number of nitriles is 1. The van der Waals surface area contributed by atoms with Gasteiger partial charge in [-0.05, 0) is 0 Å². The van der Waals surface area contributed by atoms with Gasteiger partial charge < -0.3 is 9.90 Å². The number of carbonyl (C=O) groups is 2. The quantitative estimate of drug-likeness (QED) is 0.347. The Kier molecular flexibility index (Phi) is 4.40. The number of amides is 1. The molecule has 1 atom stereocenters. The average Bonchev–Trinajstić information content (AvgIpc) is 2.15. The standard InChI is InChI=1S/C8H6N2O3S.K/c9-2-4-3-14-6-1-5(11)10(6)7(4)8(12)13;/h6H,1,3H2,(H,12,13);/q;+1/p-1/t6-;/m1./s1. The van der Waals surface area contributed by atoms with E-state index in [2.05, 4.69) is 0 Å². The Hall–Kier alpha value is 0.156. The van der Waals surface area contributed by atoms with Crippen molar-refractivity contribution in [2.75, 3.05) is 5.75 Å². The molecule has 2 heterocycles. The minimum absolute atomic E-state index is 0. The van der Waals surface area contributed by atoms with E-state index >= 15 is 0 Å². The van der Waals surface area contributed by atoms with Crippen LogP contribution >= 0.6 is 11.8 Å². The third kappa shape index (κ3) is 2.16. The van der Waals surface area contributed by atoms with Crippen LogP contribution in [0, 0.1) is 11.3 Å². The van der Waals surface area contributed by atoms with Gasteiger partial charge in [0.05, 0.1) is 35.1 Å². The van der Waals surface area contributed by atoms with Crippen LogP contribution in [0.15, 0.2) is 11.3 Å². The topological polar surface area (TPSA) is 84.2 Å². The van der Waals surface area contributed by atoms with Gasteiger partial charge in [0.2, 0.25) is 5.91 Å². The normalized spacial score (nSPS) is 23.5. The molecule has 15 heavy (non-hydrogen) atoms. The summed E-state index contributed by atoms with van der Waals surface area (Å²) in [7, 11) is 0. The Balaban J connectivity index is 0.00000112. The van der Waals surface area contributed by atoms with Crippen molar-refractivity contribution in [3.05, 3.63) is 11.3 Å². The molecule has 2 aliphatic heterocycles. The van der Waals surface area contributed by atoms with Gasteiger partial charge in [0.25, 0.3) is 0 Å². The minimum atomic E-state index is -1.44. The summed E-state index contributed by atoms with van der Waals surface area (Å²) < 4.78 is 0. The van der Waals surface area contributed by atoms with Crippen molar-refractivity contribution in [3.8, 4) is 6.07 Å². The molecule has 72 valence electrons. The van der Waals surface area contributed by atoms with Crippen LogP contribution in [0.5, 0.6) is 0 Å². The van der Waals surface area contributed by atoms with Gasteiger partial charge in [0, 0.05) is 5.75 Å². The molecule has 1 fully saturated rings. The maximum atomic E-state index is 11.1. The summed E-state index contributed by atoms with van der Waals surface area (Å²) in [6.45, 7) is 0. The monoisotopic (exact) mass is 248 g/mol. The maximum absolute atomic E-state index is 11.1. The summed E-state index contributed by atoms with van der Waals surface area (Å²) in [5, 5.41) is 19.3. The summed E-state index contributed by atoms with van der Waals surface area (Å²) in [4.78, 5) is 23.0.